The van der Waals surface area contributed by atoms with Gasteiger partial charge in [-0.05, 0) is 65.5 Å². The van der Waals surface area contributed by atoms with Crippen molar-refractivity contribution in [2.24, 2.45) is 0 Å². The molecule has 4 N–H and O–H groups in total. The van der Waals surface area contributed by atoms with Crippen molar-refractivity contribution < 1.29 is 27.2 Å². The van der Waals surface area contributed by atoms with Gasteiger partial charge >= 0.3 is 17.1 Å². The van der Waals surface area contributed by atoms with Gasteiger partial charge in [-0.2, -0.15) is 0 Å². The second-order valence-electron chi connectivity index (χ2n) is 9.06. The van der Waals surface area contributed by atoms with Crippen LogP contribution < -0.4 is 21.3 Å². The Labute approximate surface area is 206 Å². The van der Waals surface area contributed by atoms with Crippen molar-refractivity contribution in [3.8, 4) is 0 Å². The zero-order chi connectivity index (χ0) is 23.9. The van der Waals surface area contributed by atoms with E-state index in [1.807, 2.05) is 0 Å². The van der Waals surface area contributed by atoms with Crippen molar-refractivity contribution in [2.45, 2.75) is 114 Å². The Bertz CT molecular complexity index is 495. The predicted molar refractivity (Wildman–Crippen MR) is 123 cm³/mol. The third-order valence-electron chi connectivity index (χ3n) is 6.50. The first-order valence-electron chi connectivity index (χ1n) is 11.8. The number of nitrogens with zero attached hydrogens (tertiary/aromatic N) is 2. The molecule has 12 nitrogen and oxygen atoms in total. The van der Waals surface area contributed by atoms with Crippen LogP contribution in [0.1, 0.15) is 78.1 Å². The fraction of sp³-hybridized carbons (Fsp3) is 1.00. The van der Waals surface area contributed by atoms with E-state index in [1.54, 1.807) is 0 Å². The number of nitrogens with one attached hydrogen (secondary N) is 4. The topological polar surface area (TPSA) is 181 Å². The van der Waals surface area contributed by atoms with Gasteiger partial charge in [-0.15, -0.1) is 0 Å². The first kappa shape index (κ1) is 31.8. The molecule has 0 aromatic heterocycles. The number of hydrogen-bond acceptors (Lipinski definition) is 10. The molecule has 33 heavy (non-hydrogen) atoms. The minimum atomic E-state index is -1.75. The Kier molecular flexibility index (Phi) is 17.5. The SMILES string of the molecule is C[C@@H]1CCN[C@H]2CCCC[C@@H]2N[C@@H](C)CCN[C@@H]2CCCC[C@H]2N1.O=[N+]([O-])[O-].O=[N+]([O-])[O-].[Cu+2]. The summed E-state index contributed by atoms with van der Waals surface area (Å²) in [6.07, 6.45) is 13.4. The molecule has 0 unspecified atom stereocenters. The molecule has 3 rings (SSSR count). The quantitative estimate of drug-likeness (QED) is 0.208. The molecule has 197 valence electrons. The zero-order valence-electron chi connectivity index (χ0n) is 19.6. The van der Waals surface area contributed by atoms with Crippen LogP contribution in [-0.2, 0) is 17.1 Å². The molecule has 1 heterocycles. The van der Waals surface area contributed by atoms with Crippen molar-refractivity contribution in [3.05, 3.63) is 30.6 Å². The van der Waals surface area contributed by atoms with Gasteiger partial charge in [0, 0.05) is 36.3 Å². The van der Waals surface area contributed by atoms with Gasteiger partial charge in [0.2, 0.25) is 0 Å². The van der Waals surface area contributed by atoms with Crippen LogP contribution in [0.5, 0.6) is 0 Å². The van der Waals surface area contributed by atoms with Gasteiger partial charge in [0.05, 0.1) is 10.2 Å². The third-order valence-corrected chi connectivity index (χ3v) is 6.50. The zero-order valence-corrected chi connectivity index (χ0v) is 20.5. The fourth-order valence-corrected chi connectivity index (χ4v) is 5.02. The van der Waals surface area contributed by atoms with E-state index in [0.717, 1.165) is 13.1 Å². The van der Waals surface area contributed by atoms with Crippen LogP contribution in [0.2, 0.25) is 0 Å². The summed E-state index contributed by atoms with van der Waals surface area (Å²) in [6, 6.07) is 3.91. The Hall–Kier alpha value is -1.24. The molecule has 0 spiro atoms. The van der Waals surface area contributed by atoms with E-state index in [4.69, 9.17) is 30.6 Å². The Balaban J connectivity index is 0.000000991. The van der Waals surface area contributed by atoms with Crippen LogP contribution in [0.25, 0.3) is 0 Å². The molecule has 2 aliphatic carbocycles. The summed E-state index contributed by atoms with van der Waals surface area (Å²) < 4.78 is 0. The monoisotopic (exact) mass is 523 g/mol. The van der Waals surface area contributed by atoms with Crippen LogP contribution in [0, 0.1) is 30.6 Å². The van der Waals surface area contributed by atoms with E-state index < -0.39 is 10.2 Å². The summed E-state index contributed by atoms with van der Waals surface area (Å²) in [4.78, 5) is 16.5. The fourth-order valence-electron chi connectivity index (χ4n) is 5.02. The summed E-state index contributed by atoms with van der Waals surface area (Å²) in [5, 5.41) is 45.1. The van der Waals surface area contributed by atoms with Crippen LogP contribution >= 0.6 is 0 Å². The maximum absolute atomic E-state index is 8.25. The molecule has 1 radical (unpaired) electrons. The van der Waals surface area contributed by atoms with E-state index in [1.165, 1.54) is 64.2 Å². The molecule has 3 fully saturated rings. The standard InChI is InChI=1S/C20H40N4.Cu.2NO3/c1-15-11-13-21-18-8-4-6-10-20(18)24-16(2)12-14-22-17-7-3-5-9-19(17)23-15;;2*2-1(3)4/h15-24H,3-14H2,1-2H3;;;/q;+2;2*-1/t15-,16+,17-,18+,19-,20+;;;. The first-order chi connectivity index (χ1) is 15.2. The molecule has 3 aliphatic rings. The van der Waals surface area contributed by atoms with E-state index in [-0.39, 0.29) is 17.1 Å². The van der Waals surface area contributed by atoms with Gasteiger partial charge in [-0.25, -0.2) is 0 Å². The first-order valence-corrected chi connectivity index (χ1v) is 11.8. The van der Waals surface area contributed by atoms with E-state index >= 15 is 0 Å². The largest absolute Gasteiger partial charge is 2.00 e. The molecule has 2 saturated carbocycles. The predicted octanol–water partition coefficient (Wildman–Crippen LogP) is 2.06. The summed E-state index contributed by atoms with van der Waals surface area (Å²) in [5.74, 6) is 0. The molecule has 6 atom stereocenters. The molecular formula is C20H40CuN6O6. The number of fused-ring (bicyclic) bond motifs is 2. The summed E-state index contributed by atoms with van der Waals surface area (Å²) in [7, 11) is 0. The Morgan fingerprint density at radius 2 is 0.848 bits per heavy atom. The molecule has 0 aromatic carbocycles. The molecule has 0 aromatic rings. The minimum absolute atomic E-state index is 0. The second-order valence-corrected chi connectivity index (χ2v) is 9.06. The van der Waals surface area contributed by atoms with Crippen molar-refractivity contribution in [1.29, 1.82) is 0 Å². The summed E-state index contributed by atoms with van der Waals surface area (Å²) in [6.45, 7) is 7.04. The van der Waals surface area contributed by atoms with Gasteiger partial charge in [0.15, 0.2) is 0 Å². The van der Waals surface area contributed by atoms with E-state index in [2.05, 4.69) is 35.1 Å². The molecule has 1 saturated heterocycles. The second kappa shape index (κ2) is 18.1. The van der Waals surface area contributed by atoms with E-state index in [0.29, 0.717) is 36.3 Å². The van der Waals surface area contributed by atoms with Crippen molar-refractivity contribution in [2.75, 3.05) is 13.1 Å². The van der Waals surface area contributed by atoms with Crippen LogP contribution in [0.15, 0.2) is 0 Å². The summed E-state index contributed by atoms with van der Waals surface area (Å²) >= 11 is 0. The average Bonchev–Trinajstić information content (AvgIpc) is 2.69. The molecule has 0 bridgehead atoms. The van der Waals surface area contributed by atoms with Gasteiger partial charge in [-0.1, -0.05) is 25.7 Å². The number of rotatable bonds is 0. The molecule has 0 amide bonds. The Morgan fingerprint density at radius 1 is 0.576 bits per heavy atom. The average molecular weight is 524 g/mol. The Morgan fingerprint density at radius 3 is 1.15 bits per heavy atom. The van der Waals surface area contributed by atoms with Gasteiger partial charge in [0.1, 0.15) is 0 Å². The van der Waals surface area contributed by atoms with Gasteiger partial charge in [0.25, 0.3) is 0 Å². The minimum Gasteiger partial charge on any atom is -0.356 e. The van der Waals surface area contributed by atoms with Crippen molar-refractivity contribution >= 4 is 0 Å². The summed E-state index contributed by atoms with van der Waals surface area (Å²) in [5.41, 5.74) is 0. The van der Waals surface area contributed by atoms with Crippen molar-refractivity contribution in [3.63, 3.8) is 0 Å². The maximum Gasteiger partial charge on any atom is 2.00 e. The van der Waals surface area contributed by atoms with Gasteiger partial charge in [-0.3, -0.25) is 0 Å². The van der Waals surface area contributed by atoms with Crippen LogP contribution in [-0.4, -0.2) is 59.5 Å². The third kappa shape index (κ3) is 15.3. The maximum atomic E-state index is 8.25. The van der Waals surface area contributed by atoms with Crippen LogP contribution in [0.3, 0.4) is 0 Å². The van der Waals surface area contributed by atoms with E-state index in [9.17, 15) is 0 Å². The molecule has 1 aliphatic heterocycles. The molecule has 13 heteroatoms. The van der Waals surface area contributed by atoms with Crippen molar-refractivity contribution in [1.82, 2.24) is 21.3 Å². The normalized spacial score (nSPS) is 32.9. The molecular weight excluding hydrogens is 484 g/mol. The van der Waals surface area contributed by atoms with Gasteiger partial charge < -0.3 is 51.9 Å². The smallest absolute Gasteiger partial charge is 0.356 e. The van der Waals surface area contributed by atoms with Crippen LogP contribution in [0.4, 0.5) is 0 Å². The number of hydrogen-bond donors (Lipinski definition) is 4.